The van der Waals surface area contributed by atoms with Gasteiger partial charge in [-0.3, -0.25) is 4.79 Å². The van der Waals surface area contributed by atoms with E-state index in [9.17, 15) is 4.79 Å². The van der Waals surface area contributed by atoms with Crippen molar-refractivity contribution in [3.63, 3.8) is 0 Å². The molecule has 0 fully saturated rings. The Balaban J connectivity index is 1.90. The van der Waals surface area contributed by atoms with E-state index in [0.29, 0.717) is 11.6 Å². The molecule has 1 amide bonds. The van der Waals surface area contributed by atoms with E-state index < -0.39 is 0 Å². The number of nitrogens with one attached hydrogen (secondary N) is 2. The number of carbonyl (C=O) groups is 1. The summed E-state index contributed by atoms with van der Waals surface area (Å²) in [7, 11) is 0. The highest BCUT2D eigenvalue weighted by molar-refractivity contribution is 6.30. The molecule has 2 rings (SSSR count). The first-order valence-electron chi connectivity index (χ1n) is 7.31. The lowest BCUT2D eigenvalue weighted by molar-refractivity contribution is -0.121. The number of amides is 1. The molecule has 4 heteroatoms. The lowest BCUT2D eigenvalue weighted by atomic mass is 10.1. The fourth-order valence-corrected chi connectivity index (χ4v) is 2.36. The van der Waals surface area contributed by atoms with Crippen molar-refractivity contribution in [2.45, 2.75) is 33.4 Å². The zero-order valence-corrected chi connectivity index (χ0v) is 13.9. The van der Waals surface area contributed by atoms with Gasteiger partial charge in [0, 0.05) is 17.3 Å². The maximum atomic E-state index is 12.2. The summed E-state index contributed by atoms with van der Waals surface area (Å²) >= 11 is 5.94. The van der Waals surface area contributed by atoms with Crippen molar-refractivity contribution in [3.05, 3.63) is 64.2 Å². The third-order valence-corrected chi connectivity index (χ3v) is 3.78. The van der Waals surface area contributed by atoms with Crippen LogP contribution in [-0.2, 0) is 11.3 Å². The van der Waals surface area contributed by atoms with Crippen LogP contribution in [0.15, 0.2) is 42.5 Å². The number of rotatable bonds is 5. The summed E-state index contributed by atoms with van der Waals surface area (Å²) in [4.78, 5) is 12.2. The minimum Gasteiger partial charge on any atom is -0.374 e. The molecule has 1 unspecified atom stereocenters. The van der Waals surface area contributed by atoms with E-state index in [4.69, 9.17) is 11.6 Å². The number of carbonyl (C=O) groups excluding carboxylic acids is 1. The van der Waals surface area contributed by atoms with Crippen molar-refractivity contribution in [3.8, 4) is 0 Å². The summed E-state index contributed by atoms with van der Waals surface area (Å²) in [5.41, 5.74) is 4.24. The monoisotopic (exact) mass is 316 g/mol. The number of halogens is 1. The average molecular weight is 317 g/mol. The Kier molecular flexibility index (Phi) is 5.45. The minimum absolute atomic E-state index is 0.0325. The number of benzene rings is 2. The van der Waals surface area contributed by atoms with Crippen LogP contribution in [-0.4, -0.2) is 11.9 Å². The topological polar surface area (TPSA) is 41.1 Å². The van der Waals surface area contributed by atoms with Gasteiger partial charge >= 0.3 is 0 Å². The number of hydrogen-bond donors (Lipinski definition) is 2. The van der Waals surface area contributed by atoms with E-state index in [2.05, 4.69) is 10.6 Å². The van der Waals surface area contributed by atoms with Gasteiger partial charge in [0.25, 0.3) is 0 Å². The highest BCUT2D eigenvalue weighted by Crippen LogP contribution is 2.20. The smallest absolute Gasteiger partial charge is 0.242 e. The first-order chi connectivity index (χ1) is 10.5. The Morgan fingerprint density at radius 1 is 1.14 bits per heavy atom. The molecule has 0 aliphatic heterocycles. The maximum absolute atomic E-state index is 12.2. The van der Waals surface area contributed by atoms with Gasteiger partial charge in [0.2, 0.25) is 5.91 Å². The maximum Gasteiger partial charge on any atom is 0.242 e. The third-order valence-electron chi connectivity index (χ3n) is 3.54. The Bertz CT molecular complexity index is 653. The van der Waals surface area contributed by atoms with Gasteiger partial charge in [-0.05, 0) is 50.1 Å². The van der Waals surface area contributed by atoms with Crippen LogP contribution < -0.4 is 10.6 Å². The first kappa shape index (κ1) is 16.4. The zero-order valence-electron chi connectivity index (χ0n) is 13.1. The van der Waals surface area contributed by atoms with Crippen LogP contribution in [0.1, 0.15) is 23.6 Å². The highest BCUT2D eigenvalue weighted by atomic mass is 35.5. The Morgan fingerprint density at radius 3 is 2.45 bits per heavy atom. The molecule has 2 N–H and O–H groups in total. The Labute approximate surface area is 136 Å². The van der Waals surface area contributed by atoms with Crippen LogP contribution in [0, 0.1) is 13.8 Å². The predicted molar refractivity (Wildman–Crippen MR) is 92.3 cm³/mol. The molecule has 0 aromatic heterocycles. The van der Waals surface area contributed by atoms with Crippen LogP contribution in [0.3, 0.4) is 0 Å². The molecule has 1 atom stereocenters. The van der Waals surface area contributed by atoms with Crippen molar-refractivity contribution in [2.24, 2.45) is 0 Å². The molecule has 0 bridgehead atoms. The normalized spacial score (nSPS) is 11.8. The van der Waals surface area contributed by atoms with Crippen molar-refractivity contribution < 1.29 is 4.79 Å². The highest BCUT2D eigenvalue weighted by Gasteiger charge is 2.13. The zero-order chi connectivity index (χ0) is 16.1. The molecule has 0 aliphatic rings. The molecule has 22 heavy (non-hydrogen) atoms. The van der Waals surface area contributed by atoms with Crippen molar-refractivity contribution in [2.75, 3.05) is 5.32 Å². The average Bonchev–Trinajstić information content (AvgIpc) is 2.49. The second kappa shape index (κ2) is 7.32. The second-order valence-corrected chi connectivity index (χ2v) is 5.97. The van der Waals surface area contributed by atoms with Gasteiger partial charge in [-0.1, -0.05) is 41.4 Å². The Hall–Kier alpha value is -2.00. The summed E-state index contributed by atoms with van der Waals surface area (Å²) in [6.45, 7) is 6.39. The summed E-state index contributed by atoms with van der Waals surface area (Å²) in [6, 6.07) is 13.4. The number of hydrogen-bond acceptors (Lipinski definition) is 2. The fourth-order valence-electron chi connectivity index (χ4n) is 2.14. The van der Waals surface area contributed by atoms with Gasteiger partial charge in [0.05, 0.1) is 0 Å². The molecule has 3 nitrogen and oxygen atoms in total. The van der Waals surface area contributed by atoms with Gasteiger partial charge in [-0.2, -0.15) is 0 Å². The van der Waals surface area contributed by atoms with Crippen LogP contribution >= 0.6 is 11.6 Å². The van der Waals surface area contributed by atoms with Crippen LogP contribution in [0.2, 0.25) is 5.02 Å². The quantitative estimate of drug-likeness (QED) is 0.873. The van der Waals surface area contributed by atoms with E-state index in [1.807, 2.05) is 63.2 Å². The number of aryl methyl sites for hydroxylation is 2. The van der Waals surface area contributed by atoms with Gasteiger partial charge in [-0.25, -0.2) is 0 Å². The molecule has 0 spiro atoms. The van der Waals surface area contributed by atoms with Gasteiger partial charge in [0.1, 0.15) is 6.04 Å². The molecular formula is C18H21ClN2O. The third kappa shape index (κ3) is 4.50. The SMILES string of the molecule is Cc1ccc(CNC(=O)C(C)Nc2ccc(Cl)cc2C)cc1. The fraction of sp³-hybridized carbons (Fsp3) is 0.278. The summed E-state index contributed by atoms with van der Waals surface area (Å²) < 4.78 is 0. The molecule has 2 aromatic rings. The van der Waals surface area contributed by atoms with E-state index in [0.717, 1.165) is 16.8 Å². The minimum atomic E-state index is -0.315. The lowest BCUT2D eigenvalue weighted by Gasteiger charge is -2.17. The lowest BCUT2D eigenvalue weighted by Crippen LogP contribution is -2.37. The first-order valence-corrected chi connectivity index (χ1v) is 7.69. The molecule has 116 valence electrons. The van der Waals surface area contributed by atoms with Gasteiger partial charge in [0.15, 0.2) is 0 Å². The summed E-state index contributed by atoms with van der Waals surface area (Å²) in [6.07, 6.45) is 0. The van der Waals surface area contributed by atoms with Crippen LogP contribution in [0.4, 0.5) is 5.69 Å². The summed E-state index contributed by atoms with van der Waals surface area (Å²) in [5.74, 6) is -0.0325. The van der Waals surface area contributed by atoms with Crippen molar-refractivity contribution in [1.29, 1.82) is 0 Å². The standard InChI is InChI=1S/C18H21ClN2O/c1-12-4-6-15(7-5-12)11-20-18(22)14(3)21-17-9-8-16(19)10-13(17)2/h4-10,14,21H,11H2,1-3H3,(H,20,22). The summed E-state index contributed by atoms with van der Waals surface area (Å²) in [5, 5.41) is 6.85. The van der Waals surface area contributed by atoms with Gasteiger partial charge in [-0.15, -0.1) is 0 Å². The van der Waals surface area contributed by atoms with Crippen molar-refractivity contribution in [1.82, 2.24) is 5.32 Å². The van der Waals surface area contributed by atoms with E-state index in [1.54, 1.807) is 0 Å². The predicted octanol–water partition coefficient (Wildman–Crippen LogP) is 4.07. The van der Waals surface area contributed by atoms with Crippen molar-refractivity contribution >= 4 is 23.2 Å². The molecule has 0 saturated carbocycles. The molecule has 2 aromatic carbocycles. The molecule has 0 aliphatic carbocycles. The van der Waals surface area contributed by atoms with Gasteiger partial charge < -0.3 is 10.6 Å². The molecule has 0 heterocycles. The second-order valence-electron chi connectivity index (χ2n) is 5.53. The number of anilines is 1. The van der Waals surface area contributed by atoms with Crippen LogP contribution in [0.5, 0.6) is 0 Å². The van der Waals surface area contributed by atoms with Crippen LogP contribution in [0.25, 0.3) is 0 Å². The Morgan fingerprint density at radius 2 is 1.82 bits per heavy atom. The molecule has 0 radical (unpaired) electrons. The van der Waals surface area contributed by atoms with E-state index in [1.165, 1.54) is 5.56 Å². The van der Waals surface area contributed by atoms with E-state index >= 15 is 0 Å². The molecule has 0 saturated heterocycles. The van der Waals surface area contributed by atoms with E-state index in [-0.39, 0.29) is 11.9 Å². The molecular weight excluding hydrogens is 296 g/mol. The largest absolute Gasteiger partial charge is 0.374 e.